The fraction of sp³-hybridized carbons (Fsp3) is 0.632. The van der Waals surface area contributed by atoms with Gasteiger partial charge in [-0.25, -0.2) is 0 Å². The Kier molecular flexibility index (Phi) is 5.54. The summed E-state index contributed by atoms with van der Waals surface area (Å²) in [6.45, 7) is 7.26. The molecule has 2 N–H and O–H groups in total. The van der Waals surface area contributed by atoms with Crippen LogP contribution in [-0.2, 0) is 4.79 Å². The van der Waals surface area contributed by atoms with Crippen molar-refractivity contribution in [2.24, 2.45) is 0 Å². The van der Waals surface area contributed by atoms with E-state index in [2.05, 4.69) is 22.0 Å². The highest BCUT2D eigenvalue weighted by molar-refractivity contribution is 5.83. The molecule has 24 heavy (non-hydrogen) atoms. The normalized spacial score (nSPS) is 25.2. The average Bonchev–Trinajstić information content (AvgIpc) is 3.35. The molecule has 5 heteroatoms. The minimum atomic E-state index is -0.318. The lowest BCUT2D eigenvalue weighted by Crippen LogP contribution is -2.56. The van der Waals surface area contributed by atoms with Gasteiger partial charge in [-0.1, -0.05) is 30.3 Å². The summed E-state index contributed by atoms with van der Waals surface area (Å²) in [5, 5.41) is 12.8. The number of aliphatic hydroxyl groups excluding tert-OH is 1. The Morgan fingerprint density at radius 3 is 2.58 bits per heavy atom. The first-order valence-corrected chi connectivity index (χ1v) is 9.06. The number of aliphatic hydroxyl groups is 1. The van der Waals surface area contributed by atoms with Gasteiger partial charge in [0, 0.05) is 38.3 Å². The van der Waals surface area contributed by atoms with Gasteiger partial charge >= 0.3 is 0 Å². The molecule has 1 aromatic rings. The fourth-order valence-electron chi connectivity index (χ4n) is 3.54. The van der Waals surface area contributed by atoms with Gasteiger partial charge in [-0.15, -0.1) is 0 Å². The molecule has 0 aromatic heterocycles. The lowest BCUT2D eigenvalue weighted by molar-refractivity contribution is -0.128. The molecule has 1 saturated heterocycles. The van der Waals surface area contributed by atoms with Crippen molar-refractivity contribution in [3.8, 4) is 0 Å². The molecule has 0 radical (unpaired) electrons. The predicted octanol–water partition coefficient (Wildman–Crippen LogP) is 1.39. The smallest absolute Gasteiger partial charge is 0.242 e. The van der Waals surface area contributed by atoms with Gasteiger partial charge in [0.15, 0.2) is 0 Å². The summed E-state index contributed by atoms with van der Waals surface area (Å²) in [5.74, 6) is 0.125. The van der Waals surface area contributed by atoms with E-state index >= 15 is 0 Å². The second kappa shape index (κ2) is 7.64. The lowest BCUT2D eigenvalue weighted by atomic mass is 10.0. The van der Waals surface area contributed by atoms with Crippen molar-refractivity contribution in [3.05, 3.63) is 35.9 Å². The van der Waals surface area contributed by atoms with Gasteiger partial charge in [0.05, 0.1) is 6.10 Å². The summed E-state index contributed by atoms with van der Waals surface area (Å²) in [6, 6.07) is 10.6. The number of amides is 1. The first-order valence-electron chi connectivity index (χ1n) is 9.06. The van der Waals surface area contributed by atoms with Crippen LogP contribution in [0.5, 0.6) is 0 Å². The fourth-order valence-corrected chi connectivity index (χ4v) is 3.54. The zero-order chi connectivity index (χ0) is 17.1. The van der Waals surface area contributed by atoms with E-state index in [0.717, 1.165) is 38.0 Å². The molecule has 1 heterocycles. The van der Waals surface area contributed by atoms with Crippen LogP contribution in [0.2, 0.25) is 0 Å². The number of nitrogens with one attached hydrogen (secondary N) is 1. The Hall–Kier alpha value is -1.43. The number of hydrogen-bond acceptors (Lipinski definition) is 4. The van der Waals surface area contributed by atoms with Crippen molar-refractivity contribution < 1.29 is 9.90 Å². The third-order valence-electron chi connectivity index (χ3n) is 4.95. The predicted molar refractivity (Wildman–Crippen MR) is 94.6 cm³/mol. The first kappa shape index (κ1) is 17.4. The lowest BCUT2D eigenvalue weighted by Gasteiger charge is -2.43. The number of β-amino-alcohol motifs (C(OH)–C–C–N with tert-alkyl or cyclic N) is 1. The van der Waals surface area contributed by atoms with Gasteiger partial charge in [0.1, 0.15) is 6.04 Å². The van der Waals surface area contributed by atoms with E-state index in [-0.39, 0.29) is 18.1 Å². The number of nitrogens with zero attached hydrogens (tertiary/aromatic N) is 2. The van der Waals surface area contributed by atoms with Crippen LogP contribution < -0.4 is 5.32 Å². The third-order valence-corrected chi connectivity index (χ3v) is 4.95. The zero-order valence-electron chi connectivity index (χ0n) is 14.7. The quantitative estimate of drug-likeness (QED) is 0.827. The molecule has 1 aliphatic heterocycles. The molecule has 0 unspecified atom stereocenters. The van der Waals surface area contributed by atoms with Crippen molar-refractivity contribution in [3.63, 3.8) is 0 Å². The largest absolute Gasteiger partial charge is 0.392 e. The third kappa shape index (κ3) is 4.35. The summed E-state index contributed by atoms with van der Waals surface area (Å²) >= 11 is 0. The van der Waals surface area contributed by atoms with Crippen LogP contribution in [0.1, 0.15) is 38.3 Å². The van der Waals surface area contributed by atoms with Crippen molar-refractivity contribution in [1.82, 2.24) is 15.1 Å². The molecule has 0 bridgehead atoms. The average molecular weight is 331 g/mol. The standard InChI is InChI=1S/C19H29N3O2/c1-14-12-22(11-10-21(14)13-15(2)23)18(16-6-4-3-5-7-16)19(24)20-17-8-9-17/h3-7,14-15,17-18,23H,8-13H2,1-2H3,(H,20,24)/t14-,15-,18-/m0/s1. The molecule has 0 spiro atoms. The number of carbonyl (C=O) groups is 1. The monoisotopic (exact) mass is 331 g/mol. The molecule has 132 valence electrons. The van der Waals surface area contributed by atoms with Gasteiger partial charge in [-0.2, -0.15) is 0 Å². The van der Waals surface area contributed by atoms with E-state index in [0.29, 0.717) is 18.6 Å². The number of carbonyl (C=O) groups excluding carboxylic acids is 1. The number of benzene rings is 1. The zero-order valence-corrected chi connectivity index (χ0v) is 14.7. The molecule has 2 aliphatic rings. The Morgan fingerprint density at radius 2 is 2.00 bits per heavy atom. The Morgan fingerprint density at radius 1 is 1.29 bits per heavy atom. The Balaban J connectivity index is 1.72. The molecular formula is C19H29N3O2. The van der Waals surface area contributed by atoms with Crippen LogP contribution in [0.4, 0.5) is 0 Å². The van der Waals surface area contributed by atoms with E-state index < -0.39 is 0 Å². The van der Waals surface area contributed by atoms with Crippen LogP contribution in [0.15, 0.2) is 30.3 Å². The molecular weight excluding hydrogens is 302 g/mol. The molecule has 3 rings (SSSR count). The highest BCUT2D eigenvalue weighted by Gasteiger charge is 2.35. The maximum atomic E-state index is 12.9. The SMILES string of the molecule is C[C@H](O)CN1CCN([C@H](C(=O)NC2CC2)c2ccccc2)C[C@@H]1C. The summed E-state index contributed by atoms with van der Waals surface area (Å²) in [5.41, 5.74) is 1.06. The van der Waals surface area contributed by atoms with Crippen molar-refractivity contribution in [2.75, 3.05) is 26.2 Å². The van der Waals surface area contributed by atoms with Crippen molar-refractivity contribution in [2.45, 2.75) is 50.9 Å². The van der Waals surface area contributed by atoms with Gasteiger partial charge in [-0.3, -0.25) is 14.6 Å². The van der Waals surface area contributed by atoms with Crippen LogP contribution in [0, 0.1) is 0 Å². The topological polar surface area (TPSA) is 55.8 Å². The second-order valence-corrected chi connectivity index (χ2v) is 7.28. The minimum absolute atomic E-state index is 0.125. The van der Waals surface area contributed by atoms with Gasteiger partial charge in [0.25, 0.3) is 0 Å². The summed E-state index contributed by atoms with van der Waals surface area (Å²) in [6.07, 6.45) is 1.89. The molecule has 5 nitrogen and oxygen atoms in total. The molecule has 1 amide bonds. The number of rotatable bonds is 6. The van der Waals surface area contributed by atoms with Crippen molar-refractivity contribution >= 4 is 5.91 Å². The van der Waals surface area contributed by atoms with Crippen LogP contribution in [0.3, 0.4) is 0 Å². The molecule has 3 atom stereocenters. The Bertz CT molecular complexity index is 545. The number of piperazine rings is 1. The maximum Gasteiger partial charge on any atom is 0.242 e. The molecule has 1 aliphatic carbocycles. The maximum absolute atomic E-state index is 12.9. The van der Waals surface area contributed by atoms with E-state index in [1.54, 1.807) is 0 Å². The first-order chi connectivity index (χ1) is 11.5. The summed E-state index contributed by atoms with van der Waals surface area (Å²) < 4.78 is 0. The van der Waals surface area contributed by atoms with Crippen molar-refractivity contribution in [1.29, 1.82) is 0 Å². The van der Waals surface area contributed by atoms with E-state index in [4.69, 9.17) is 0 Å². The van der Waals surface area contributed by atoms with Crippen LogP contribution >= 0.6 is 0 Å². The Labute approximate surface area is 144 Å². The summed E-state index contributed by atoms with van der Waals surface area (Å²) in [4.78, 5) is 17.4. The van der Waals surface area contributed by atoms with Gasteiger partial charge in [-0.05, 0) is 32.3 Å². The van der Waals surface area contributed by atoms with Crippen LogP contribution in [0.25, 0.3) is 0 Å². The highest BCUT2D eigenvalue weighted by Crippen LogP contribution is 2.27. The van der Waals surface area contributed by atoms with Gasteiger partial charge < -0.3 is 10.4 Å². The highest BCUT2D eigenvalue weighted by atomic mass is 16.3. The second-order valence-electron chi connectivity index (χ2n) is 7.28. The molecule has 2 fully saturated rings. The van der Waals surface area contributed by atoms with E-state index in [1.165, 1.54) is 0 Å². The minimum Gasteiger partial charge on any atom is -0.392 e. The van der Waals surface area contributed by atoms with E-state index in [9.17, 15) is 9.90 Å². The molecule has 1 aromatic carbocycles. The summed E-state index contributed by atoms with van der Waals surface area (Å²) in [7, 11) is 0. The van der Waals surface area contributed by atoms with Gasteiger partial charge in [0.2, 0.25) is 5.91 Å². The molecule has 1 saturated carbocycles. The van der Waals surface area contributed by atoms with E-state index in [1.807, 2.05) is 37.3 Å². The number of hydrogen-bond donors (Lipinski definition) is 2. The van der Waals surface area contributed by atoms with Crippen LogP contribution in [-0.4, -0.2) is 65.2 Å².